The molecule has 69 heavy (non-hydrogen) atoms. The van der Waals surface area contributed by atoms with E-state index in [0.29, 0.717) is 50.4 Å². The number of aromatic hydroxyl groups is 1. The molecule has 0 aliphatic carbocycles. The Morgan fingerprint density at radius 3 is 1.54 bits per heavy atom. The molecule has 4 aromatic rings. The number of nitrogens with zero attached hydrogens (tertiary/aromatic N) is 6. The molecular formula is C49H54Cl2F2N8O8. The van der Waals surface area contributed by atoms with Crippen LogP contribution in [0.4, 0.5) is 8.78 Å². The predicted molar refractivity (Wildman–Crippen MR) is 252 cm³/mol. The molecule has 6 aliphatic heterocycles. The molecule has 16 nitrogen and oxygen atoms in total. The molecule has 0 unspecified atom stereocenters. The van der Waals surface area contributed by atoms with Crippen LogP contribution in [-0.4, -0.2) is 117 Å². The van der Waals surface area contributed by atoms with Crippen molar-refractivity contribution in [1.29, 1.82) is 0 Å². The third-order valence-corrected chi connectivity index (χ3v) is 15.1. The van der Waals surface area contributed by atoms with Gasteiger partial charge in [0.25, 0.3) is 23.6 Å². The fraction of sp³-hybridized carbons (Fsp3) is 0.469. The largest absolute Gasteiger partial charge is 0.503 e. The quantitative estimate of drug-likeness (QED) is 0.162. The Morgan fingerprint density at radius 2 is 1.10 bits per heavy atom. The first kappa shape index (κ1) is 48.2. The van der Waals surface area contributed by atoms with Gasteiger partial charge in [-0.15, -0.1) is 0 Å². The molecule has 2 saturated heterocycles. The Kier molecular flexibility index (Phi) is 13.6. The lowest BCUT2D eigenvalue weighted by Crippen LogP contribution is -2.45. The van der Waals surface area contributed by atoms with E-state index < -0.39 is 46.0 Å². The number of amides is 4. The summed E-state index contributed by atoms with van der Waals surface area (Å²) in [6.07, 6.45) is 5.47. The van der Waals surface area contributed by atoms with Crippen molar-refractivity contribution in [3.63, 3.8) is 0 Å². The molecule has 2 aromatic carbocycles. The zero-order valence-electron chi connectivity index (χ0n) is 38.6. The summed E-state index contributed by atoms with van der Waals surface area (Å²) in [5, 5.41) is 16.0. The van der Waals surface area contributed by atoms with Gasteiger partial charge >= 0.3 is 0 Å². The van der Waals surface area contributed by atoms with Gasteiger partial charge in [-0.25, -0.2) is 8.78 Å². The maximum absolute atomic E-state index is 14.4. The first-order valence-corrected chi connectivity index (χ1v) is 24.3. The average molecular weight is 992 g/mol. The van der Waals surface area contributed by atoms with Crippen LogP contribution in [0.3, 0.4) is 0 Å². The summed E-state index contributed by atoms with van der Waals surface area (Å²) in [6, 6.07) is 8.47. The third-order valence-electron chi connectivity index (χ3n) is 14.5. The van der Waals surface area contributed by atoms with E-state index in [2.05, 4.69) is 20.4 Å². The molecule has 0 bridgehead atoms. The van der Waals surface area contributed by atoms with E-state index >= 15 is 0 Å². The number of likely N-dealkylation sites (N-methyl/N-ethyl adjacent to an activating group) is 2. The highest BCUT2D eigenvalue weighted by Crippen LogP contribution is 2.47. The van der Waals surface area contributed by atoms with E-state index in [1.54, 1.807) is 26.5 Å². The number of hydrogen-bond acceptors (Lipinski definition) is 10. The van der Waals surface area contributed by atoms with E-state index in [4.69, 9.17) is 27.9 Å². The number of ether oxygens (including phenoxy) is 1. The van der Waals surface area contributed by atoms with Gasteiger partial charge in [0.2, 0.25) is 10.9 Å². The van der Waals surface area contributed by atoms with E-state index in [1.165, 1.54) is 31.4 Å². The molecule has 10 rings (SSSR count). The molecule has 2 aromatic heterocycles. The topological polar surface area (TPSA) is 179 Å². The molecule has 366 valence electrons. The number of hydrogen-bond donors (Lipinski definition) is 3. The van der Waals surface area contributed by atoms with Gasteiger partial charge < -0.3 is 39.4 Å². The van der Waals surface area contributed by atoms with E-state index in [-0.39, 0.29) is 92.6 Å². The lowest BCUT2D eigenvalue weighted by atomic mass is 10.0. The Labute approximate surface area is 406 Å². The Hall–Kier alpha value is -5.82. The van der Waals surface area contributed by atoms with Crippen LogP contribution in [0.2, 0.25) is 10.0 Å². The van der Waals surface area contributed by atoms with Gasteiger partial charge in [-0.2, -0.15) is 0 Å². The van der Waals surface area contributed by atoms with E-state index in [1.807, 2.05) is 18.4 Å². The summed E-state index contributed by atoms with van der Waals surface area (Å²) in [7, 11) is 1.34. The van der Waals surface area contributed by atoms with Crippen molar-refractivity contribution in [2.24, 2.45) is 0 Å². The van der Waals surface area contributed by atoms with Crippen LogP contribution in [0.15, 0.2) is 46.0 Å². The van der Waals surface area contributed by atoms with E-state index in [9.17, 15) is 42.7 Å². The number of aromatic nitrogens is 2. The van der Waals surface area contributed by atoms with Gasteiger partial charge in [0.15, 0.2) is 22.9 Å². The fourth-order valence-corrected chi connectivity index (χ4v) is 11.6. The number of carbonyl (C=O) groups is 4. The number of nitrogens with one attached hydrogen (secondary N) is 2. The highest BCUT2D eigenvalue weighted by molar-refractivity contribution is 6.31. The molecule has 8 heterocycles. The molecule has 4 amide bonds. The minimum atomic E-state index is -0.874. The predicted octanol–water partition coefficient (Wildman–Crippen LogP) is 5.97. The second-order valence-electron chi connectivity index (χ2n) is 18.3. The third kappa shape index (κ3) is 8.35. The second kappa shape index (κ2) is 19.5. The molecule has 20 heteroatoms. The maximum Gasteiger partial charge on any atom is 0.274 e. The average Bonchev–Trinajstić information content (AvgIpc) is 4.19. The monoisotopic (exact) mass is 990 g/mol. The number of likely N-dealkylation sites (tertiary alicyclic amines) is 2. The van der Waals surface area contributed by atoms with Crippen LogP contribution >= 0.6 is 23.2 Å². The summed E-state index contributed by atoms with van der Waals surface area (Å²) < 4.78 is 37.7. The highest BCUT2D eigenvalue weighted by atomic mass is 35.5. The van der Waals surface area contributed by atoms with Gasteiger partial charge in [-0.1, -0.05) is 47.5 Å². The fourth-order valence-electron chi connectivity index (χ4n) is 11.3. The minimum Gasteiger partial charge on any atom is -0.503 e. The molecule has 3 N–H and O–H groups in total. The summed E-state index contributed by atoms with van der Waals surface area (Å²) in [4.78, 5) is 88.1. The molecule has 0 spiro atoms. The van der Waals surface area contributed by atoms with Crippen molar-refractivity contribution in [1.82, 2.24) is 39.4 Å². The molecule has 2 fully saturated rings. The van der Waals surface area contributed by atoms with Crippen LogP contribution in [0, 0.1) is 11.6 Å². The van der Waals surface area contributed by atoms with Gasteiger partial charge in [-0.3, -0.25) is 38.6 Å². The number of pyridine rings is 2. The van der Waals surface area contributed by atoms with Gasteiger partial charge in [0, 0.05) is 50.4 Å². The molecule has 0 saturated carbocycles. The highest BCUT2D eigenvalue weighted by Gasteiger charge is 2.49. The number of halogens is 4. The summed E-state index contributed by atoms with van der Waals surface area (Å²) in [5.41, 5.74) is -0.107. The minimum absolute atomic E-state index is 0.0369. The van der Waals surface area contributed by atoms with Gasteiger partial charge in [-0.05, 0) is 90.7 Å². The Morgan fingerprint density at radius 1 is 0.681 bits per heavy atom. The summed E-state index contributed by atoms with van der Waals surface area (Å²) >= 11 is 11.7. The van der Waals surface area contributed by atoms with Gasteiger partial charge in [0.05, 0.1) is 52.7 Å². The van der Waals surface area contributed by atoms with Crippen LogP contribution in [0.1, 0.15) is 141 Å². The summed E-state index contributed by atoms with van der Waals surface area (Å²) in [6.45, 7) is 8.81. The van der Waals surface area contributed by atoms with Crippen LogP contribution in [-0.2, 0) is 13.1 Å². The number of carbonyl (C=O) groups excluding carboxylic acids is 4. The summed E-state index contributed by atoms with van der Waals surface area (Å²) in [5.74, 6) is -4.09. The lowest BCUT2D eigenvalue weighted by Gasteiger charge is -2.34. The van der Waals surface area contributed by atoms with Crippen molar-refractivity contribution in [3.05, 3.63) is 124 Å². The number of methoxy groups -OCH3 is 1. The molecule has 0 radical (unpaired) electrons. The van der Waals surface area contributed by atoms with Crippen molar-refractivity contribution < 1.29 is 37.8 Å². The van der Waals surface area contributed by atoms with Crippen LogP contribution in [0.5, 0.6) is 11.5 Å². The first-order valence-electron chi connectivity index (χ1n) is 23.6. The number of benzene rings is 2. The standard InChI is InChI=1S/C25H28ClFN4O4.C24H26ClFN4O4/c1-3-29-13-15-11-17(30-9-4-5-10-30)20-18(22(32)23(35-2)21(25(29)34)31(15)20)24(33)28-12-14-7-6-8-16(26)19(14)27;1-2-28-12-14-10-16(29-8-3-4-9-29)19-17(21(31)22(32)20(24(28)34)30(14)19)23(33)27-11-13-6-5-7-15(25)18(13)26/h6-8,15,17H,3-5,9-13H2,1-2H3,(H,28,33);5-7,14,16,32H,2-4,8-12H2,1H3,(H,27,33)/t15-,17+;14-,16+/m00/s1. The van der Waals surface area contributed by atoms with Crippen molar-refractivity contribution in [2.45, 2.75) is 89.6 Å². The smallest absolute Gasteiger partial charge is 0.274 e. The molecule has 4 atom stereocenters. The van der Waals surface area contributed by atoms with Crippen LogP contribution in [0.25, 0.3) is 0 Å². The van der Waals surface area contributed by atoms with Crippen molar-refractivity contribution in [2.75, 3.05) is 59.5 Å². The van der Waals surface area contributed by atoms with Crippen molar-refractivity contribution in [3.8, 4) is 11.5 Å². The zero-order valence-corrected chi connectivity index (χ0v) is 40.1. The second-order valence-corrected chi connectivity index (χ2v) is 19.1. The Balaban J connectivity index is 0.000000172. The van der Waals surface area contributed by atoms with Crippen LogP contribution < -0.4 is 26.2 Å². The number of rotatable bonds is 11. The molecular weight excluding hydrogens is 937 g/mol. The Bertz CT molecular complexity index is 2880. The van der Waals surface area contributed by atoms with Crippen molar-refractivity contribution >= 4 is 46.8 Å². The SMILES string of the molecule is CCN1C[C@@H]2C[C@@H](N3CCCC3)c3c(C(=O)NCc4cccc(Cl)c4F)c(=O)c(O)c(n32)C1=O.CCN1C[C@@H]2C[C@@H](N3CCCC3)c3c(C(=O)NCc4cccc(Cl)c4F)c(=O)c(OC)c(n32)C1=O. The lowest BCUT2D eigenvalue weighted by molar-refractivity contribution is 0.0666. The first-order chi connectivity index (χ1) is 33.2. The molecule has 6 aliphatic rings. The maximum atomic E-state index is 14.4. The zero-order chi connectivity index (χ0) is 49.0. The van der Waals surface area contributed by atoms with Gasteiger partial charge in [0.1, 0.15) is 22.8 Å². The van der Waals surface area contributed by atoms with E-state index in [0.717, 1.165) is 51.9 Å². The normalized spacial score (nSPS) is 21.6.